The topological polar surface area (TPSA) is 49.4 Å². The zero-order valence-corrected chi connectivity index (χ0v) is 16.5. The Morgan fingerprint density at radius 3 is 2.24 bits per heavy atom. The van der Waals surface area contributed by atoms with Crippen LogP contribution in [0.15, 0.2) is 54.6 Å². The summed E-state index contributed by atoms with van der Waals surface area (Å²) in [5.74, 6) is -0.632. The molecule has 1 N–H and O–H groups in total. The van der Waals surface area contributed by atoms with Crippen LogP contribution in [0.3, 0.4) is 0 Å². The lowest BCUT2D eigenvalue weighted by atomic mass is 10.00. The van der Waals surface area contributed by atoms with E-state index in [4.69, 9.17) is 0 Å². The lowest BCUT2D eigenvalue weighted by Gasteiger charge is -2.21. The van der Waals surface area contributed by atoms with Crippen molar-refractivity contribution < 1.29 is 22.8 Å². The molecule has 156 valence electrons. The van der Waals surface area contributed by atoms with E-state index in [0.29, 0.717) is 6.54 Å². The summed E-state index contributed by atoms with van der Waals surface area (Å²) in [5, 5.41) is 2.63. The number of benzene rings is 2. The summed E-state index contributed by atoms with van der Waals surface area (Å²) in [6, 6.07) is 14.0. The lowest BCUT2D eigenvalue weighted by molar-refractivity contribution is -0.137. The third-order valence-corrected chi connectivity index (χ3v) is 4.71. The first kappa shape index (κ1) is 22.5. The average molecular weight is 406 g/mol. The number of carbonyl (C=O) groups is 2. The van der Waals surface area contributed by atoms with Crippen molar-refractivity contribution in [1.82, 2.24) is 10.2 Å². The first-order valence-corrected chi connectivity index (χ1v) is 9.43. The van der Waals surface area contributed by atoms with Crippen molar-refractivity contribution in [2.45, 2.75) is 25.9 Å². The Bertz CT molecular complexity index is 805. The molecule has 7 heteroatoms. The largest absolute Gasteiger partial charge is 0.416 e. The first-order chi connectivity index (χ1) is 13.7. The van der Waals surface area contributed by atoms with E-state index in [1.54, 1.807) is 11.9 Å². The van der Waals surface area contributed by atoms with Crippen LogP contribution in [0.1, 0.15) is 34.8 Å². The van der Waals surface area contributed by atoms with Crippen molar-refractivity contribution in [3.8, 4) is 0 Å². The van der Waals surface area contributed by atoms with Gasteiger partial charge in [-0.15, -0.1) is 0 Å². The van der Waals surface area contributed by atoms with E-state index in [-0.39, 0.29) is 23.9 Å². The van der Waals surface area contributed by atoms with Crippen molar-refractivity contribution in [2.75, 3.05) is 20.1 Å². The van der Waals surface area contributed by atoms with Gasteiger partial charge in [0.05, 0.1) is 5.56 Å². The number of halogens is 3. The highest BCUT2D eigenvalue weighted by Crippen LogP contribution is 2.29. The third-order valence-electron chi connectivity index (χ3n) is 4.71. The highest BCUT2D eigenvalue weighted by Gasteiger charge is 2.30. The fourth-order valence-corrected chi connectivity index (χ4v) is 2.89. The van der Waals surface area contributed by atoms with Gasteiger partial charge in [-0.25, -0.2) is 0 Å². The molecule has 0 heterocycles. The molecule has 29 heavy (non-hydrogen) atoms. The maximum absolute atomic E-state index is 12.6. The van der Waals surface area contributed by atoms with Crippen LogP contribution in [-0.2, 0) is 17.4 Å². The number of nitrogens with one attached hydrogen (secondary N) is 1. The predicted octanol–water partition coefficient (Wildman–Crippen LogP) is 4.16. The first-order valence-electron chi connectivity index (χ1n) is 9.43. The molecule has 0 fully saturated rings. The molecular weight excluding hydrogens is 381 g/mol. The molecule has 1 atom stereocenters. The molecule has 0 aliphatic rings. The number of carbonyl (C=O) groups excluding carboxylic acids is 2. The van der Waals surface area contributed by atoms with E-state index >= 15 is 0 Å². The number of alkyl halides is 3. The second-order valence-corrected chi connectivity index (χ2v) is 7.02. The van der Waals surface area contributed by atoms with Crippen LogP contribution in [0.2, 0.25) is 0 Å². The predicted molar refractivity (Wildman–Crippen MR) is 105 cm³/mol. The number of amides is 2. The second-order valence-electron chi connectivity index (χ2n) is 7.02. The van der Waals surface area contributed by atoms with Gasteiger partial charge in [-0.05, 0) is 42.7 Å². The monoisotopic (exact) mass is 406 g/mol. The van der Waals surface area contributed by atoms with E-state index < -0.39 is 17.6 Å². The van der Waals surface area contributed by atoms with Crippen molar-refractivity contribution in [2.24, 2.45) is 5.92 Å². The third kappa shape index (κ3) is 6.93. The standard InChI is InChI=1S/C22H25F3N2O2/c1-16(8-9-17-6-4-3-5-7-17)21(29)27(2)15-14-26-20(28)18-10-12-19(13-11-18)22(23,24)25/h3-7,10-13,16H,8-9,14-15H2,1-2H3,(H,26,28). The number of hydrogen-bond donors (Lipinski definition) is 1. The van der Waals surface area contributed by atoms with E-state index in [1.807, 2.05) is 37.3 Å². The van der Waals surface area contributed by atoms with Gasteiger partial charge in [0, 0.05) is 31.6 Å². The van der Waals surface area contributed by atoms with Crippen molar-refractivity contribution in [3.63, 3.8) is 0 Å². The van der Waals surface area contributed by atoms with Crippen LogP contribution in [-0.4, -0.2) is 36.9 Å². The van der Waals surface area contributed by atoms with Crippen LogP contribution < -0.4 is 5.32 Å². The molecule has 0 spiro atoms. The lowest BCUT2D eigenvalue weighted by Crippen LogP contribution is -2.38. The molecule has 0 saturated carbocycles. The quantitative estimate of drug-likeness (QED) is 0.716. The summed E-state index contributed by atoms with van der Waals surface area (Å²) in [6.45, 7) is 2.41. The molecule has 2 aromatic carbocycles. The van der Waals surface area contributed by atoms with Gasteiger partial charge in [0.25, 0.3) is 5.91 Å². The van der Waals surface area contributed by atoms with Gasteiger partial charge < -0.3 is 10.2 Å². The highest BCUT2D eigenvalue weighted by atomic mass is 19.4. The molecule has 0 aliphatic carbocycles. The Labute approximate surface area is 168 Å². The maximum atomic E-state index is 12.6. The van der Waals surface area contributed by atoms with Crippen LogP contribution in [0, 0.1) is 5.92 Å². The Morgan fingerprint density at radius 2 is 1.66 bits per heavy atom. The van der Waals surface area contributed by atoms with Crippen LogP contribution >= 0.6 is 0 Å². The molecule has 1 unspecified atom stereocenters. The minimum atomic E-state index is -4.44. The van der Waals surface area contributed by atoms with Gasteiger partial charge in [-0.1, -0.05) is 37.3 Å². The van der Waals surface area contributed by atoms with Gasteiger partial charge >= 0.3 is 6.18 Å². The normalized spacial score (nSPS) is 12.3. The van der Waals surface area contributed by atoms with Crippen LogP contribution in [0.4, 0.5) is 13.2 Å². The molecule has 0 aliphatic heterocycles. The Hall–Kier alpha value is -2.83. The fourth-order valence-electron chi connectivity index (χ4n) is 2.89. The van der Waals surface area contributed by atoms with Gasteiger partial charge in [0.2, 0.25) is 5.91 Å². The van der Waals surface area contributed by atoms with E-state index in [9.17, 15) is 22.8 Å². The fraction of sp³-hybridized carbons (Fsp3) is 0.364. The molecule has 0 radical (unpaired) electrons. The minimum Gasteiger partial charge on any atom is -0.350 e. The number of hydrogen-bond acceptors (Lipinski definition) is 2. The number of likely N-dealkylation sites (N-methyl/N-ethyl adjacent to an activating group) is 1. The van der Waals surface area contributed by atoms with Crippen molar-refractivity contribution in [1.29, 1.82) is 0 Å². The van der Waals surface area contributed by atoms with Crippen molar-refractivity contribution >= 4 is 11.8 Å². The summed E-state index contributed by atoms with van der Waals surface area (Å²) in [6.07, 6.45) is -2.90. The van der Waals surface area contributed by atoms with Gasteiger partial charge in [-0.3, -0.25) is 9.59 Å². The van der Waals surface area contributed by atoms with E-state index in [2.05, 4.69) is 5.32 Å². The van der Waals surface area contributed by atoms with Crippen LogP contribution in [0.5, 0.6) is 0 Å². The number of aryl methyl sites for hydroxylation is 1. The summed E-state index contributed by atoms with van der Waals surface area (Å²) < 4.78 is 37.7. The second kappa shape index (κ2) is 10.1. The molecule has 2 amide bonds. The molecule has 2 rings (SSSR count). The van der Waals surface area contributed by atoms with Gasteiger partial charge in [0.15, 0.2) is 0 Å². The Kier molecular flexibility index (Phi) is 7.82. The summed E-state index contributed by atoms with van der Waals surface area (Å²) >= 11 is 0. The van der Waals surface area contributed by atoms with E-state index in [1.165, 1.54) is 5.56 Å². The highest BCUT2D eigenvalue weighted by molar-refractivity contribution is 5.94. The SMILES string of the molecule is CC(CCc1ccccc1)C(=O)N(C)CCNC(=O)c1ccc(C(F)(F)F)cc1. The molecule has 0 saturated heterocycles. The number of nitrogens with zero attached hydrogens (tertiary/aromatic N) is 1. The minimum absolute atomic E-state index is 0.00953. The zero-order chi connectivity index (χ0) is 21.4. The number of rotatable bonds is 8. The summed E-state index contributed by atoms with van der Waals surface area (Å²) in [4.78, 5) is 26.1. The van der Waals surface area contributed by atoms with Crippen molar-refractivity contribution in [3.05, 3.63) is 71.3 Å². The maximum Gasteiger partial charge on any atom is 0.416 e. The Balaban J connectivity index is 1.75. The molecular formula is C22H25F3N2O2. The van der Waals surface area contributed by atoms with E-state index in [0.717, 1.165) is 37.1 Å². The van der Waals surface area contributed by atoms with Crippen LogP contribution in [0.25, 0.3) is 0 Å². The molecule has 2 aromatic rings. The molecule has 4 nitrogen and oxygen atoms in total. The molecule has 0 aromatic heterocycles. The van der Waals surface area contributed by atoms with Gasteiger partial charge in [0.1, 0.15) is 0 Å². The summed E-state index contributed by atoms with van der Waals surface area (Å²) in [7, 11) is 1.67. The summed E-state index contributed by atoms with van der Waals surface area (Å²) in [5.41, 5.74) is 0.519. The van der Waals surface area contributed by atoms with Gasteiger partial charge in [-0.2, -0.15) is 13.2 Å². The Morgan fingerprint density at radius 1 is 1.03 bits per heavy atom. The smallest absolute Gasteiger partial charge is 0.350 e. The molecule has 0 bridgehead atoms. The zero-order valence-electron chi connectivity index (χ0n) is 16.5. The average Bonchev–Trinajstić information content (AvgIpc) is 2.71.